The molecule has 1 amide bonds. The van der Waals surface area contributed by atoms with Gasteiger partial charge in [-0.3, -0.25) is 9.52 Å². The van der Waals surface area contributed by atoms with Crippen molar-refractivity contribution in [3.8, 4) is 11.8 Å². The molecule has 0 saturated heterocycles. The summed E-state index contributed by atoms with van der Waals surface area (Å²) in [4.78, 5) is 20.8. The summed E-state index contributed by atoms with van der Waals surface area (Å²) in [6.45, 7) is 3.73. The third-order valence-electron chi connectivity index (χ3n) is 3.73. The van der Waals surface area contributed by atoms with Gasteiger partial charge in [0, 0.05) is 28.3 Å². The zero-order valence-electron chi connectivity index (χ0n) is 16.1. The molecule has 2 N–H and O–H groups in total. The second-order valence-electron chi connectivity index (χ2n) is 6.47. The first-order valence-electron chi connectivity index (χ1n) is 8.67. The highest BCUT2D eigenvalue weighted by atomic mass is 32.2. The molecule has 8 nitrogen and oxygen atoms in total. The number of hydrogen-bond acceptors (Lipinski definition) is 6. The molecule has 0 aliphatic carbocycles. The van der Waals surface area contributed by atoms with Gasteiger partial charge in [-0.1, -0.05) is 0 Å². The Hall–Kier alpha value is -3.46. The summed E-state index contributed by atoms with van der Waals surface area (Å²) in [5.74, 6) is 0.228. The van der Waals surface area contributed by atoms with Crippen LogP contribution >= 0.6 is 0 Å². The lowest BCUT2D eigenvalue weighted by atomic mass is 10.2. The predicted molar refractivity (Wildman–Crippen MR) is 111 cm³/mol. The van der Waals surface area contributed by atoms with Gasteiger partial charge in [0.1, 0.15) is 5.75 Å². The van der Waals surface area contributed by atoms with Crippen LogP contribution in [0.15, 0.2) is 54.6 Å². The van der Waals surface area contributed by atoms with Crippen LogP contribution in [0.3, 0.4) is 0 Å². The minimum absolute atomic E-state index is 0.266. The molecule has 0 aliphatic heterocycles. The third kappa shape index (κ3) is 6.01. The van der Waals surface area contributed by atoms with Crippen molar-refractivity contribution in [3.05, 3.63) is 71.5 Å². The van der Waals surface area contributed by atoms with Gasteiger partial charge in [0.25, 0.3) is 5.91 Å². The molecule has 0 aliphatic rings. The summed E-state index contributed by atoms with van der Waals surface area (Å²) in [5, 5.41) is 2.77. The number of benzene rings is 2. The second kappa shape index (κ2) is 8.27. The van der Waals surface area contributed by atoms with Crippen LogP contribution in [-0.4, -0.2) is 30.5 Å². The lowest BCUT2D eigenvalue weighted by Crippen LogP contribution is -2.13. The zero-order valence-corrected chi connectivity index (χ0v) is 16.9. The van der Waals surface area contributed by atoms with Crippen molar-refractivity contribution in [2.24, 2.45) is 0 Å². The van der Waals surface area contributed by atoms with E-state index in [1.54, 1.807) is 24.3 Å². The number of sulfonamides is 1. The van der Waals surface area contributed by atoms with Gasteiger partial charge in [-0.15, -0.1) is 0 Å². The summed E-state index contributed by atoms with van der Waals surface area (Å²) in [7, 11) is -3.36. The number of carbonyl (C=O) groups excluding carboxylic acids is 1. The molecule has 1 heterocycles. The minimum Gasteiger partial charge on any atom is -0.424 e. The standard InChI is InChI=1S/C20H20N4O4S/c1-13-12-14(2)22-20(21-13)28-18-10-8-16(9-11-18)23-19(25)15-4-6-17(7-5-15)24-29(3,26)27/h4-12,24H,1-3H3,(H,23,25). The van der Waals surface area contributed by atoms with E-state index in [4.69, 9.17) is 4.74 Å². The molecule has 29 heavy (non-hydrogen) atoms. The maximum absolute atomic E-state index is 12.4. The van der Waals surface area contributed by atoms with E-state index in [2.05, 4.69) is 20.0 Å². The predicted octanol–water partition coefficient (Wildman–Crippen LogP) is 3.51. The Morgan fingerprint density at radius 1 is 0.897 bits per heavy atom. The van der Waals surface area contributed by atoms with Gasteiger partial charge in [0.15, 0.2) is 0 Å². The number of aromatic nitrogens is 2. The lowest BCUT2D eigenvalue weighted by molar-refractivity contribution is 0.102. The van der Waals surface area contributed by atoms with Crippen molar-refractivity contribution in [2.45, 2.75) is 13.8 Å². The van der Waals surface area contributed by atoms with Crippen LogP contribution in [0.1, 0.15) is 21.7 Å². The van der Waals surface area contributed by atoms with Crippen LogP contribution in [0.2, 0.25) is 0 Å². The second-order valence-corrected chi connectivity index (χ2v) is 8.21. The van der Waals surface area contributed by atoms with E-state index in [0.29, 0.717) is 22.7 Å². The van der Waals surface area contributed by atoms with Gasteiger partial charge in [0.2, 0.25) is 10.0 Å². The van der Waals surface area contributed by atoms with E-state index in [1.807, 2.05) is 19.9 Å². The highest BCUT2D eigenvalue weighted by Gasteiger charge is 2.08. The molecule has 2 aromatic carbocycles. The molecule has 150 valence electrons. The van der Waals surface area contributed by atoms with E-state index in [-0.39, 0.29) is 11.9 Å². The van der Waals surface area contributed by atoms with Crippen molar-refractivity contribution in [1.82, 2.24) is 9.97 Å². The summed E-state index contributed by atoms with van der Waals surface area (Å²) >= 11 is 0. The molecule has 0 fully saturated rings. The first-order valence-corrected chi connectivity index (χ1v) is 10.6. The normalized spacial score (nSPS) is 11.0. The Balaban J connectivity index is 1.63. The zero-order chi connectivity index (χ0) is 21.0. The smallest absolute Gasteiger partial charge is 0.322 e. The Kier molecular flexibility index (Phi) is 5.79. The fraction of sp³-hybridized carbons (Fsp3) is 0.150. The number of nitrogens with one attached hydrogen (secondary N) is 2. The van der Waals surface area contributed by atoms with E-state index in [9.17, 15) is 13.2 Å². The lowest BCUT2D eigenvalue weighted by Gasteiger charge is -2.09. The Morgan fingerprint density at radius 2 is 1.45 bits per heavy atom. The molecular weight excluding hydrogens is 392 g/mol. The molecule has 0 unspecified atom stereocenters. The maximum atomic E-state index is 12.4. The molecule has 3 rings (SSSR count). The SMILES string of the molecule is Cc1cc(C)nc(Oc2ccc(NC(=O)c3ccc(NS(C)(=O)=O)cc3)cc2)n1. The van der Waals surface area contributed by atoms with Crippen LogP contribution in [0.5, 0.6) is 11.8 Å². The quantitative estimate of drug-likeness (QED) is 0.641. The Labute approximate surface area is 169 Å². The van der Waals surface area contributed by atoms with Crippen molar-refractivity contribution >= 4 is 27.3 Å². The van der Waals surface area contributed by atoms with E-state index in [0.717, 1.165) is 17.6 Å². The van der Waals surface area contributed by atoms with Gasteiger partial charge < -0.3 is 10.1 Å². The van der Waals surface area contributed by atoms with Crippen molar-refractivity contribution in [2.75, 3.05) is 16.3 Å². The van der Waals surface area contributed by atoms with Gasteiger partial charge in [-0.2, -0.15) is 0 Å². The number of rotatable bonds is 6. The summed E-state index contributed by atoms with van der Waals surface area (Å²) in [6, 6.07) is 15.1. The Bertz CT molecular complexity index is 1110. The number of amides is 1. The molecule has 1 aromatic heterocycles. The molecule has 3 aromatic rings. The average Bonchev–Trinajstić information content (AvgIpc) is 2.62. The third-order valence-corrected chi connectivity index (χ3v) is 4.34. The highest BCUT2D eigenvalue weighted by Crippen LogP contribution is 2.21. The monoisotopic (exact) mass is 412 g/mol. The first-order chi connectivity index (χ1) is 13.7. The maximum Gasteiger partial charge on any atom is 0.322 e. The number of anilines is 2. The summed E-state index contributed by atoms with van der Waals surface area (Å²) < 4.78 is 30.4. The van der Waals surface area contributed by atoms with Crippen LogP contribution in [0, 0.1) is 13.8 Å². The number of carbonyl (C=O) groups is 1. The molecular formula is C20H20N4O4S. The molecule has 9 heteroatoms. The molecule has 0 atom stereocenters. The molecule has 0 saturated carbocycles. The average molecular weight is 412 g/mol. The number of ether oxygens (including phenoxy) is 1. The largest absolute Gasteiger partial charge is 0.424 e. The van der Waals surface area contributed by atoms with Crippen LogP contribution in [0.4, 0.5) is 11.4 Å². The Morgan fingerprint density at radius 3 is 2.00 bits per heavy atom. The highest BCUT2D eigenvalue weighted by molar-refractivity contribution is 7.92. The number of hydrogen-bond donors (Lipinski definition) is 2. The fourth-order valence-corrected chi connectivity index (χ4v) is 3.12. The van der Waals surface area contributed by atoms with Crippen molar-refractivity contribution < 1.29 is 17.9 Å². The van der Waals surface area contributed by atoms with Crippen molar-refractivity contribution in [1.29, 1.82) is 0 Å². The van der Waals surface area contributed by atoms with Crippen LogP contribution in [-0.2, 0) is 10.0 Å². The molecule has 0 radical (unpaired) electrons. The summed E-state index contributed by atoms with van der Waals surface area (Å²) in [6.07, 6.45) is 1.06. The van der Waals surface area contributed by atoms with Crippen LogP contribution < -0.4 is 14.8 Å². The van der Waals surface area contributed by atoms with E-state index in [1.165, 1.54) is 24.3 Å². The molecule has 0 spiro atoms. The van der Waals surface area contributed by atoms with Crippen molar-refractivity contribution in [3.63, 3.8) is 0 Å². The minimum atomic E-state index is -3.36. The van der Waals surface area contributed by atoms with Gasteiger partial charge >= 0.3 is 6.01 Å². The van der Waals surface area contributed by atoms with E-state index < -0.39 is 10.0 Å². The van der Waals surface area contributed by atoms with Gasteiger partial charge in [0.05, 0.1) is 6.26 Å². The number of nitrogens with zero attached hydrogens (tertiary/aromatic N) is 2. The van der Waals surface area contributed by atoms with Gasteiger partial charge in [-0.25, -0.2) is 18.4 Å². The number of aryl methyl sites for hydroxylation is 2. The first kappa shape index (κ1) is 20.3. The summed E-state index contributed by atoms with van der Waals surface area (Å²) in [5.41, 5.74) is 3.00. The topological polar surface area (TPSA) is 110 Å². The van der Waals surface area contributed by atoms with E-state index >= 15 is 0 Å². The van der Waals surface area contributed by atoms with Gasteiger partial charge in [-0.05, 0) is 68.4 Å². The van der Waals surface area contributed by atoms with Crippen LogP contribution in [0.25, 0.3) is 0 Å². The molecule has 0 bridgehead atoms. The fourth-order valence-electron chi connectivity index (χ4n) is 2.56.